The Hall–Kier alpha value is -2.12. The minimum absolute atomic E-state index is 0.118. The molecule has 0 bridgehead atoms. The maximum absolute atomic E-state index is 11.7. The number of carbonyl (C=O) groups is 1. The minimum atomic E-state index is -0.308. The van der Waals surface area contributed by atoms with Crippen LogP contribution in [-0.4, -0.2) is 55.4 Å². The van der Waals surface area contributed by atoms with E-state index < -0.39 is 0 Å². The van der Waals surface area contributed by atoms with Crippen molar-refractivity contribution in [2.45, 2.75) is 13.1 Å². The Morgan fingerprint density at radius 3 is 2.78 bits per heavy atom. The number of morpholine rings is 1. The molecule has 2 N–H and O–H groups in total. The van der Waals surface area contributed by atoms with Crippen LogP contribution in [0, 0.1) is 0 Å². The molecule has 0 unspecified atom stereocenters. The van der Waals surface area contributed by atoms with Crippen LogP contribution < -0.4 is 10.3 Å². The molecule has 1 aromatic carbocycles. The Balaban J connectivity index is 1.86. The van der Waals surface area contributed by atoms with E-state index in [2.05, 4.69) is 9.47 Å². The molecular formula is C16H23N4O3+. The van der Waals surface area contributed by atoms with Crippen LogP contribution in [0.15, 0.2) is 24.3 Å². The number of esters is 1. The molecule has 1 aliphatic heterocycles. The van der Waals surface area contributed by atoms with Gasteiger partial charge >= 0.3 is 11.9 Å². The number of nitrogens with two attached hydrogens (primary N) is 1. The second kappa shape index (κ2) is 6.97. The van der Waals surface area contributed by atoms with Crippen molar-refractivity contribution in [1.29, 1.82) is 0 Å². The number of benzene rings is 1. The van der Waals surface area contributed by atoms with Crippen molar-refractivity contribution >= 4 is 23.0 Å². The molecule has 7 heteroatoms. The number of hydrogen-bond acceptors (Lipinski definition) is 5. The number of fused-ring (bicyclic) bond motifs is 1. The maximum atomic E-state index is 11.7. The lowest BCUT2D eigenvalue weighted by Crippen LogP contribution is -2.41. The topological polar surface area (TPSA) is 73.6 Å². The van der Waals surface area contributed by atoms with E-state index in [0.717, 1.165) is 50.4 Å². The quantitative estimate of drug-likeness (QED) is 0.621. The van der Waals surface area contributed by atoms with E-state index in [1.807, 2.05) is 24.3 Å². The van der Waals surface area contributed by atoms with Crippen molar-refractivity contribution in [1.82, 2.24) is 9.47 Å². The Morgan fingerprint density at radius 2 is 2.04 bits per heavy atom. The van der Waals surface area contributed by atoms with E-state index in [1.54, 1.807) is 4.57 Å². The first-order chi connectivity index (χ1) is 11.2. The predicted molar refractivity (Wildman–Crippen MR) is 85.8 cm³/mol. The normalized spacial score (nSPS) is 15.9. The summed E-state index contributed by atoms with van der Waals surface area (Å²) in [5.41, 5.74) is 8.28. The number of nitrogens with zero attached hydrogens (tertiary/aromatic N) is 3. The van der Waals surface area contributed by atoms with Crippen LogP contribution in [0.1, 0.15) is 0 Å². The summed E-state index contributed by atoms with van der Waals surface area (Å²) in [6.45, 7) is 5.26. The highest BCUT2D eigenvalue weighted by molar-refractivity contribution is 5.75. The van der Waals surface area contributed by atoms with Gasteiger partial charge in [-0.3, -0.25) is 10.6 Å². The molecule has 0 saturated carbocycles. The van der Waals surface area contributed by atoms with Gasteiger partial charge in [-0.15, -0.1) is 0 Å². The molecule has 3 rings (SSSR count). The number of rotatable bonds is 5. The number of methoxy groups -OCH3 is 1. The molecule has 124 valence electrons. The Morgan fingerprint density at radius 1 is 1.30 bits per heavy atom. The molecule has 1 fully saturated rings. The van der Waals surface area contributed by atoms with Crippen molar-refractivity contribution in [2.24, 2.45) is 0 Å². The van der Waals surface area contributed by atoms with Gasteiger partial charge in [0.2, 0.25) is 0 Å². The zero-order chi connectivity index (χ0) is 16.2. The zero-order valence-corrected chi connectivity index (χ0v) is 13.4. The second-order valence-electron chi connectivity index (χ2n) is 5.61. The van der Waals surface area contributed by atoms with Crippen molar-refractivity contribution < 1.29 is 18.8 Å². The van der Waals surface area contributed by atoms with Gasteiger partial charge in [-0.05, 0) is 12.1 Å². The number of aromatic nitrogens is 2. The first-order valence-corrected chi connectivity index (χ1v) is 7.84. The smallest absolute Gasteiger partial charge is 0.356 e. The van der Waals surface area contributed by atoms with Crippen LogP contribution in [-0.2, 0) is 27.4 Å². The third-order valence-corrected chi connectivity index (χ3v) is 4.27. The Kier molecular flexibility index (Phi) is 4.78. The number of hydrogen-bond donors (Lipinski definition) is 1. The van der Waals surface area contributed by atoms with Crippen molar-refractivity contribution in [3.8, 4) is 0 Å². The Bertz CT molecular complexity index is 692. The molecule has 1 aromatic heterocycles. The molecule has 2 aromatic rings. The molecule has 1 aliphatic rings. The van der Waals surface area contributed by atoms with E-state index in [0.29, 0.717) is 5.95 Å². The molecule has 2 heterocycles. The largest absolute Gasteiger partial charge is 0.467 e. The summed E-state index contributed by atoms with van der Waals surface area (Å²) in [6.07, 6.45) is 0. The lowest BCUT2D eigenvalue weighted by molar-refractivity contribution is -0.645. The van der Waals surface area contributed by atoms with Crippen molar-refractivity contribution in [3.05, 3.63) is 24.3 Å². The average molecular weight is 319 g/mol. The van der Waals surface area contributed by atoms with Gasteiger partial charge < -0.3 is 9.47 Å². The lowest BCUT2D eigenvalue weighted by Gasteiger charge is -2.25. The molecule has 0 spiro atoms. The Labute approximate surface area is 135 Å². The van der Waals surface area contributed by atoms with Crippen LogP contribution in [0.5, 0.6) is 0 Å². The van der Waals surface area contributed by atoms with Crippen LogP contribution in [0.25, 0.3) is 11.0 Å². The SMILES string of the molecule is COC(=O)C[n+]1c(N)n(CCN2CCOCC2)c2ccccc21. The van der Waals surface area contributed by atoms with Gasteiger partial charge in [0.15, 0.2) is 6.54 Å². The fourth-order valence-corrected chi connectivity index (χ4v) is 2.97. The van der Waals surface area contributed by atoms with Gasteiger partial charge in [-0.25, -0.2) is 13.9 Å². The molecule has 1 saturated heterocycles. The van der Waals surface area contributed by atoms with Crippen molar-refractivity contribution in [2.75, 3.05) is 45.7 Å². The summed E-state index contributed by atoms with van der Waals surface area (Å²) in [5, 5.41) is 0. The summed E-state index contributed by atoms with van der Waals surface area (Å²) in [4.78, 5) is 14.0. The molecule has 7 nitrogen and oxygen atoms in total. The lowest BCUT2D eigenvalue weighted by atomic mass is 10.3. The van der Waals surface area contributed by atoms with Gasteiger partial charge in [0.25, 0.3) is 0 Å². The standard InChI is InChI=1S/C16H22N4O3/c1-22-15(21)12-20-14-5-3-2-4-13(14)19(16(20)17)7-6-18-8-10-23-11-9-18/h2-5,17H,6-12H2,1H3/p+1. The molecule has 0 aliphatic carbocycles. The molecule has 0 amide bonds. The van der Waals surface area contributed by atoms with E-state index >= 15 is 0 Å². The molecule has 0 atom stereocenters. The maximum Gasteiger partial charge on any atom is 0.356 e. The highest BCUT2D eigenvalue weighted by Crippen LogP contribution is 2.16. The van der Waals surface area contributed by atoms with Gasteiger partial charge in [0.1, 0.15) is 11.0 Å². The van der Waals surface area contributed by atoms with Crippen molar-refractivity contribution in [3.63, 3.8) is 0 Å². The van der Waals surface area contributed by atoms with Gasteiger partial charge in [0.05, 0.1) is 26.9 Å². The number of anilines is 1. The molecule has 0 radical (unpaired) electrons. The summed E-state index contributed by atoms with van der Waals surface area (Å²) >= 11 is 0. The molecular weight excluding hydrogens is 296 g/mol. The summed E-state index contributed by atoms with van der Waals surface area (Å²) in [7, 11) is 1.39. The highest BCUT2D eigenvalue weighted by Gasteiger charge is 2.23. The first kappa shape index (κ1) is 15.8. The fraction of sp³-hybridized carbons (Fsp3) is 0.500. The van der Waals surface area contributed by atoms with Crippen LogP contribution in [0.3, 0.4) is 0 Å². The zero-order valence-electron chi connectivity index (χ0n) is 13.4. The molecule has 23 heavy (non-hydrogen) atoms. The summed E-state index contributed by atoms with van der Waals surface area (Å²) in [5.74, 6) is 0.266. The summed E-state index contributed by atoms with van der Waals surface area (Å²) < 4.78 is 14.0. The van der Waals surface area contributed by atoms with Gasteiger partial charge in [0, 0.05) is 19.6 Å². The number of para-hydroxylation sites is 2. The van der Waals surface area contributed by atoms with Crippen LogP contribution in [0.4, 0.5) is 5.95 Å². The minimum Gasteiger partial charge on any atom is -0.467 e. The third kappa shape index (κ3) is 3.30. The van der Waals surface area contributed by atoms with E-state index in [9.17, 15) is 4.79 Å². The predicted octanol–water partition coefficient (Wildman–Crippen LogP) is 0.0162. The average Bonchev–Trinajstić information content (AvgIpc) is 2.86. The summed E-state index contributed by atoms with van der Waals surface area (Å²) in [6, 6.07) is 7.93. The first-order valence-electron chi connectivity index (χ1n) is 7.84. The second-order valence-corrected chi connectivity index (χ2v) is 5.61. The number of nitrogen functional groups attached to an aromatic ring is 1. The number of imidazole rings is 1. The monoisotopic (exact) mass is 319 g/mol. The number of carbonyl (C=O) groups excluding carboxylic acids is 1. The van der Waals surface area contributed by atoms with Gasteiger partial charge in [-0.2, -0.15) is 0 Å². The fourth-order valence-electron chi connectivity index (χ4n) is 2.97. The van der Waals surface area contributed by atoms with E-state index in [-0.39, 0.29) is 12.5 Å². The highest BCUT2D eigenvalue weighted by atomic mass is 16.5. The number of ether oxygens (including phenoxy) is 2. The van der Waals surface area contributed by atoms with Gasteiger partial charge in [-0.1, -0.05) is 12.1 Å². The third-order valence-electron chi connectivity index (χ3n) is 4.27. The van der Waals surface area contributed by atoms with Crippen LogP contribution >= 0.6 is 0 Å². The van der Waals surface area contributed by atoms with Crippen LogP contribution in [0.2, 0.25) is 0 Å². The van der Waals surface area contributed by atoms with E-state index in [1.165, 1.54) is 7.11 Å². The van der Waals surface area contributed by atoms with E-state index in [4.69, 9.17) is 15.2 Å².